The summed E-state index contributed by atoms with van der Waals surface area (Å²) in [7, 11) is -3.77. The van der Waals surface area contributed by atoms with Crippen LogP contribution in [0.4, 0.5) is 0 Å². The maximum absolute atomic E-state index is 12.0. The van der Waals surface area contributed by atoms with Gasteiger partial charge in [-0.2, -0.15) is 0 Å². The van der Waals surface area contributed by atoms with Crippen LogP contribution in [0.25, 0.3) is 0 Å². The first kappa shape index (κ1) is 15.5. The summed E-state index contributed by atoms with van der Waals surface area (Å²) in [6.07, 6.45) is 5.83. The number of thiophene rings is 1. The van der Waals surface area contributed by atoms with E-state index in [1.54, 1.807) is 6.92 Å². The molecule has 20 heavy (non-hydrogen) atoms. The molecule has 1 fully saturated rings. The molecule has 2 N–H and O–H groups in total. The average molecular weight is 317 g/mol. The minimum Gasteiger partial charge on any atom is -0.462 e. The van der Waals surface area contributed by atoms with Crippen LogP contribution in [0.3, 0.4) is 0 Å². The third kappa shape index (κ3) is 3.59. The fourth-order valence-electron chi connectivity index (χ4n) is 2.51. The van der Waals surface area contributed by atoms with Crippen LogP contribution in [0.2, 0.25) is 0 Å². The molecule has 0 radical (unpaired) electrons. The zero-order valence-electron chi connectivity index (χ0n) is 11.4. The first-order chi connectivity index (χ1) is 9.39. The Kier molecular flexibility index (Phi) is 4.82. The topological polar surface area (TPSA) is 86.5 Å². The molecule has 2 rings (SSSR count). The molecule has 1 aromatic heterocycles. The fourth-order valence-corrected chi connectivity index (χ4v) is 4.51. The second-order valence-corrected chi connectivity index (χ2v) is 7.85. The highest BCUT2D eigenvalue weighted by atomic mass is 32.2. The van der Waals surface area contributed by atoms with Crippen LogP contribution < -0.4 is 5.14 Å². The summed E-state index contributed by atoms with van der Waals surface area (Å²) in [5, 5.41) is 6.59. The van der Waals surface area contributed by atoms with Crippen LogP contribution in [0.1, 0.15) is 48.0 Å². The van der Waals surface area contributed by atoms with Crippen molar-refractivity contribution in [3.8, 4) is 0 Å². The summed E-state index contributed by atoms with van der Waals surface area (Å²) in [5.41, 5.74) is 0.681. The van der Waals surface area contributed by atoms with Crippen molar-refractivity contribution in [2.75, 3.05) is 6.61 Å². The molecule has 0 spiro atoms. The normalized spacial score (nSPS) is 17.1. The monoisotopic (exact) mass is 317 g/mol. The first-order valence-corrected chi connectivity index (χ1v) is 9.10. The Hall–Kier alpha value is -0.920. The van der Waals surface area contributed by atoms with Gasteiger partial charge in [0.15, 0.2) is 0 Å². The third-order valence-corrected chi connectivity index (χ3v) is 6.33. The lowest BCUT2D eigenvalue weighted by molar-refractivity contribution is 0.0410. The molecule has 1 heterocycles. The van der Waals surface area contributed by atoms with Gasteiger partial charge in [0.25, 0.3) is 0 Å². The predicted molar refractivity (Wildman–Crippen MR) is 77.3 cm³/mol. The van der Waals surface area contributed by atoms with Gasteiger partial charge in [-0.1, -0.05) is 19.3 Å². The Morgan fingerprint density at radius 3 is 2.60 bits per heavy atom. The van der Waals surface area contributed by atoms with Gasteiger partial charge in [-0.15, -0.1) is 11.3 Å². The molecule has 1 aliphatic carbocycles. The second kappa shape index (κ2) is 6.24. The van der Waals surface area contributed by atoms with Crippen molar-refractivity contribution in [1.82, 2.24) is 0 Å². The zero-order valence-corrected chi connectivity index (χ0v) is 13.1. The van der Waals surface area contributed by atoms with Crippen LogP contribution in [0.15, 0.2) is 9.59 Å². The van der Waals surface area contributed by atoms with Gasteiger partial charge in [-0.05, 0) is 31.2 Å². The highest BCUT2D eigenvalue weighted by Crippen LogP contribution is 2.27. The van der Waals surface area contributed by atoms with Gasteiger partial charge in [0, 0.05) is 5.38 Å². The number of nitrogens with two attached hydrogens (primary N) is 1. The number of primary sulfonamides is 1. The molecule has 7 heteroatoms. The van der Waals surface area contributed by atoms with Crippen molar-refractivity contribution in [3.63, 3.8) is 0 Å². The van der Waals surface area contributed by atoms with E-state index < -0.39 is 16.0 Å². The lowest BCUT2D eigenvalue weighted by atomic mass is 9.90. The molecule has 0 amide bonds. The van der Waals surface area contributed by atoms with E-state index in [4.69, 9.17) is 9.88 Å². The SMILES string of the molecule is Cc1c(C(=O)OCC2CCCCC2)csc1S(N)(=O)=O. The van der Waals surface area contributed by atoms with Crippen LogP contribution in [0.5, 0.6) is 0 Å². The van der Waals surface area contributed by atoms with Crippen LogP contribution >= 0.6 is 11.3 Å². The summed E-state index contributed by atoms with van der Waals surface area (Å²) in [5.74, 6) is -0.0245. The number of rotatable bonds is 4. The third-order valence-electron chi connectivity index (χ3n) is 3.65. The Balaban J connectivity index is 2.01. The number of carbonyl (C=O) groups is 1. The van der Waals surface area contributed by atoms with Crippen molar-refractivity contribution in [2.45, 2.75) is 43.2 Å². The highest BCUT2D eigenvalue weighted by molar-refractivity contribution is 7.91. The minimum absolute atomic E-state index is 0.0297. The summed E-state index contributed by atoms with van der Waals surface area (Å²) < 4.78 is 28.0. The Morgan fingerprint density at radius 2 is 2.05 bits per heavy atom. The fraction of sp³-hybridized carbons (Fsp3) is 0.615. The molecule has 0 aromatic carbocycles. The molecular weight excluding hydrogens is 298 g/mol. The molecule has 0 unspecified atom stereocenters. The molecule has 0 saturated heterocycles. The maximum Gasteiger partial charge on any atom is 0.339 e. The zero-order chi connectivity index (χ0) is 14.8. The molecule has 5 nitrogen and oxygen atoms in total. The number of hydrogen-bond acceptors (Lipinski definition) is 5. The summed E-state index contributed by atoms with van der Waals surface area (Å²) in [4.78, 5) is 12.0. The van der Waals surface area contributed by atoms with Crippen molar-refractivity contribution < 1.29 is 17.9 Å². The molecular formula is C13H19NO4S2. The lowest BCUT2D eigenvalue weighted by Crippen LogP contribution is -2.17. The predicted octanol–water partition coefficient (Wildman–Crippen LogP) is 2.44. The molecule has 1 aromatic rings. The van der Waals surface area contributed by atoms with E-state index in [1.807, 2.05) is 0 Å². The molecule has 1 aliphatic rings. The highest BCUT2D eigenvalue weighted by Gasteiger charge is 2.23. The molecule has 0 bridgehead atoms. The van der Waals surface area contributed by atoms with E-state index >= 15 is 0 Å². The minimum atomic E-state index is -3.77. The van der Waals surface area contributed by atoms with E-state index in [2.05, 4.69) is 0 Å². The van der Waals surface area contributed by atoms with Crippen molar-refractivity contribution in [1.29, 1.82) is 0 Å². The standard InChI is InChI=1S/C13H19NO4S2/c1-9-11(8-19-13(9)20(14,16)17)12(15)18-7-10-5-3-2-4-6-10/h8,10H,2-7H2,1H3,(H2,14,16,17). The number of hydrogen-bond donors (Lipinski definition) is 1. The van der Waals surface area contributed by atoms with E-state index in [9.17, 15) is 13.2 Å². The van der Waals surface area contributed by atoms with E-state index in [-0.39, 0.29) is 4.21 Å². The Bertz CT molecular complexity index is 586. The van der Waals surface area contributed by atoms with E-state index in [0.29, 0.717) is 23.7 Å². The quantitative estimate of drug-likeness (QED) is 0.864. The van der Waals surface area contributed by atoms with Gasteiger partial charge in [0.1, 0.15) is 4.21 Å². The molecule has 0 atom stereocenters. The van der Waals surface area contributed by atoms with Crippen molar-refractivity contribution in [2.24, 2.45) is 11.1 Å². The molecule has 1 saturated carbocycles. The van der Waals surface area contributed by atoms with Crippen LogP contribution in [-0.2, 0) is 14.8 Å². The number of sulfonamides is 1. The van der Waals surface area contributed by atoms with E-state index in [0.717, 1.165) is 24.2 Å². The van der Waals surface area contributed by atoms with Gasteiger partial charge in [-0.25, -0.2) is 18.4 Å². The van der Waals surface area contributed by atoms with Crippen LogP contribution in [0, 0.1) is 12.8 Å². The largest absolute Gasteiger partial charge is 0.462 e. The first-order valence-electron chi connectivity index (χ1n) is 6.67. The van der Waals surface area contributed by atoms with Crippen molar-refractivity contribution in [3.05, 3.63) is 16.5 Å². The van der Waals surface area contributed by atoms with Crippen LogP contribution in [-0.4, -0.2) is 21.0 Å². The second-order valence-electron chi connectivity index (χ2n) is 5.21. The average Bonchev–Trinajstić information content (AvgIpc) is 2.79. The lowest BCUT2D eigenvalue weighted by Gasteiger charge is -2.20. The Morgan fingerprint density at radius 1 is 1.40 bits per heavy atom. The molecule has 112 valence electrons. The van der Waals surface area contributed by atoms with E-state index in [1.165, 1.54) is 24.6 Å². The van der Waals surface area contributed by atoms with Crippen molar-refractivity contribution >= 4 is 27.3 Å². The number of carbonyl (C=O) groups excluding carboxylic acids is 1. The van der Waals surface area contributed by atoms with Gasteiger partial charge in [0.05, 0.1) is 12.2 Å². The van der Waals surface area contributed by atoms with Gasteiger partial charge in [-0.3, -0.25) is 0 Å². The van der Waals surface area contributed by atoms with Gasteiger partial charge < -0.3 is 4.74 Å². The smallest absolute Gasteiger partial charge is 0.339 e. The summed E-state index contributed by atoms with van der Waals surface area (Å²) >= 11 is 0.959. The maximum atomic E-state index is 12.0. The molecule has 0 aliphatic heterocycles. The van der Waals surface area contributed by atoms with Gasteiger partial charge in [0.2, 0.25) is 10.0 Å². The summed E-state index contributed by atoms with van der Waals surface area (Å²) in [6, 6.07) is 0. The number of esters is 1. The summed E-state index contributed by atoms with van der Waals surface area (Å²) in [6.45, 7) is 1.99. The van der Waals surface area contributed by atoms with Gasteiger partial charge >= 0.3 is 5.97 Å². The Labute approximate surface area is 123 Å². The number of ether oxygens (including phenoxy) is 1.